The third-order valence-corrected chi connectivity index (χ3v) is 6.05. The molecule has 2 rings (SSSR count). The van der Waals surface area contributed by atoms with Gasteiger partial charge in [-0.15, -0.1) is 11.8 Å². The number of nitrogens with zero attached hydrogens (tertiary/aromatic N) is 1. The number of nitro groups is 1. The second kappa shape index (κ2) is 10.9. The van der Waals surface area contributed by atoms with E-state index in [1.165, 1.54) is 23.9 Å². The van der Waals surface area contributed by atoms with Gasteiger partial charge in [-0.2, -0.15) is 0 Å². The maximum absolute atomic E-state index is 14.0. The van der Waals surface area contributed by atoms with Crippen LogP contribution in [0.25, 0.3) is 0 Å². The van der Waals surface area contributed by atoms with Crippen molar-refractivity contribution in [2.75, 3.05) is 25.5 Å². The van der Waals surface area contributed by atoms with Crippen molar-refractivity contribution in [2.24, 2.45) is 0 Å². The molecule has 0 amide bonds. The Hall–Kier alpha value is -2.70. The predicted molar refractivity (Wildman–Crippen MR) is 108 cm³/mol. The fourth-order valence-corrected chi connectivity index (χ4v) is 4.15. The van der Waals surface area contributed by atoms with Crippen molar-refractivity contribution in [1.82, 2.24) is 4.72 Å². The number of rotatable bonds is 11. The molecular formula is C18H19FN2O7S2. The molecule has 0 aliphatic rings. The molecule has 0 radical (unpaired) electrons. The number of carbonyl (C=O) groups excluding carboxylic acids is 1. The monoisotopic (exact) mass is 458 g/mol. The fraction of sp³-hybridized carbons (Fsp3) is 0.278. The molecule has 0 saturated carbocycles. The normalized spacial score (nSPS) is 11.1. The fourth-order valence-electron chi connectivity index (χ4n) is 2.20. The summed E-state index contributed by atoms with van der Waals surface area (Å²) in [6, 6.07) is 8.69. The summed E-state index contributed by atoms with van der Waals surface area (Å²) in [6.07, 6.45) is 0. The van der Waals surface area contributed by atoms with Gasteiger partial charge in [0.25, 0.3) is 5.69 Å². The highest BCUT2D eigenvalue weighted by Crippen LogP contribution is 2.25. The number of carbonyl (C=O) groups is 1. The van der Waals surface area contributed by atoms with Crippen molar-refractivity contribution < 1.29 is 32.0 Å². The van der Waals surface area contributed by atoms with Crippen LogP contribution in [0.1, 0.15) is 6.92 Å². The topological polar surface area (TPSA) is 125 Å². The van der Waals surface area contributed by atoms with E-state index in [1.54, 1.807) is 13.0 Å². The maximum atomic E-state index is 14.0. The SMILES string of the molecule is CCOC(=O)COc1ccc(SCCNS(=O)(=O)c2ccc([N+](=O)[O-])cc2)cc1F. The van der Waals surface area contributed by atoms with E-state index in [9.17, 15) is 27.7 Å². The van der Waals surface area contributed by atoms with Crippen LogP contribution in [-0.2, 0) is 19.6 Å². The Morgan fingerprint density at radius 3 is 2.53 bits per heavy atom. The minimum Gasteiger partial charge on any atom is -0.479 e. The highest BCUT2D eigenvalue weighted by molar-refractivity contribution is 7.99. The summed E-state index contributed by atoms with van der Waals surface area (Å²) in [7, 11) is -3.82. The molecular weight excluding hydrogens is 439 g/mol. The predicted octanol–water partition coefficient (Wildman–Crippen LogP) is 2.75. The van der Waals surface area contributed by atoms with Crippen LogP contribution < -0.4 is 9.46 Å². The molecule has 0 bridgehead atoms. The minimum absolute atomic E-state index is 0.0622. The van der Waals surface area contributed by atoms with Gasteiger partial charge in [-0.05, 0) is 37.3 Å². The molecule has 12 heteroatoms. The van der Waals surface area contributed by atoms with Gasteiger partial charge < -0.3 is 9.47 Å². The van der Waals surface area contributed by atoms with Crippen molar-refractivity contribution >= 4 is 33.4 Å². The van der Waals surface area contributed by atoms with Gasteiger partial charge in [-0.3, -0.25) is 10.1 Å². The molecule has 30 heavy (non-hydrogen) atoms. The molecule has 0 atom stereocenters. The van der Waals surface area contributed by atoms with Crippen molar-refractivity contribution in [3.63, 3.8) is 0 Å². The highest BCUT2D eigenvalue weighted by atomic mass is 32.2. The molecule has 162 valence electrons. The highest BCUT2D eigenvalue weighted by Gasteiger charge is 2.15. The van der Waals surface area contributed by atoms with E-state index in [4.69, 9.17) is 9.47 Å². The third-order valence-electron chi connectivity index (χ3n) is 3.57. The van der Waals surface area contributed by atoms with E-state index in [1.807, 2.05) is 0 Å². The molecule has 0 aromatic heterocycles. The zero-order valence-electron chi connectivity index (χ0n) is 15.9. The Labute approximate surface area is 176 Å². The van der Waals surface area contributed by atoms with Gasteiger partial charge in [0.05, 0.1) is 16.4 Å². The average Bonchev–Trinajstić information content (AvgIpc) is 2.71. The summed E-state index contributed by atoms with van der Waals surface area (Å²) in [5.74, 6) is -1.04. The van der Waals surface area contributed by atoms with Crippen LogP contribution in [0.3, 0.4) is 0 Å². The lowest BCUT2D eigenvalue weighted by Crippen LogP contribution is -2.26. The van der Waals surface area contributed by atoms with Crippen molar-refractivity contribution in [1.29, 1.82) is 0 Å². The molecule has 0 aliphatic heterocycles. The summed E-state index contributed by atoms with van der Waals surface area (Å²) in [5.41, 5.74) is -0.207. The lowest BCUT2D eigenvalue weighted by molar-refractivity contribution is -0.384. The van der Waals surface area contributed by atoms with E-state index in [0.717, 1.165) is 24.3 Å². The van der Waals surface area contributed by atoms with Gasteiger partial charge in [0.2, 0.25) is 10.0 Å². The molecule has 0 fully saturated rings. The van der Waals surface area contributed by atoms with E-state index in [-0.39, 0.29) is 29.5 Å². The number of nitro benzene ring substituents is 1. The summed E-state index contributed by atoms with van der Waals surface area (Å²) in [5, 5.41) is 10.6. The number of ether oxygens (including phenoxy) is 2. The van der Waals surface area contributed by atoms with Crippen molar-refractivity contribution in [2.45, 2.75) is 16.7 Å². The van der Waals surface area contributed by atoms with Gasteiger partial charge in [0.15, 0.2) is 18.2 Å². The molecule has 9 nitrogen and oxygen atoms in total. The number of halogens is 1. The summed E-state index contributed by atoms with van der Waals surface area (Å²) in [4.78, 5) is 21.7. The van der Waals surface area contributed by atoms with Gasteiger partial charge in [-0.25, -0.2) is 22.3 Å². The molecule has 1 N–H and O–H groups in total. The lowest BCUT2D eigenvalue weighted by atomic mass is 10.3. The number of non-ortho nitro benzene ring substituents is 1. The summed E-state index contributed by atoms with van der Waals surface area (Å²) in [6.45, 7) is 1.51. The number of sulfonamides is 1. The number of nitrogens with one attached hydrogen (secondary N) is 1. The van der Waals surface area contributed by atoms with Gasteiger partial charge in [0.1, 0.15) is 0 Å². The molecule has 0 unspecified atom stereocenters. The van der Waals surface area contributed by atoms with Crippen LogP contribution >= 0.6 is 11.8 Å². The second-order valence-electron chi connectivity index (χ2n) is 5.68. The van der Waals surface area contributed by atoms with Crippen molar-refractivity contribution in [3.05, 3.63) is 58.4 Å². The first-order valence-corrected chi connectivity index (χ1v) is 11.1. The smallest absolute Gasteiger partial charge is 0.344 e. The van der Waals surface area contributed by atoms with E-state index < -0.39 is 33.3 Å². The average molecular weight is 458 g/mol. The molecule has 0 aliphatic carbocycles. The van der Waals surface area contributed by atoms with Gasteiger partial charge >= 0.3 is 5.97 Å². The number of esters is 1. The quantitative estimate of drug-likeness (QED) is 0.179. The van der Waals surface area contributed by atoms with Crippen LogP contribution in [0.15, 0.2) is 52.3 Å². The van der Waals surface area contributed by atoms with Crippen LogP contribution in [0.2, 0.25) is 0 Å². The third kappa shape index (κ3) is 6.97. The van der Waals surface area contributed by atoms with Gasteiger partial charge in [-0.1, -0.05) is 0 Å². The number of thioether (sulfide) groups is 1. The Morgan fingerprint density at radius 2 is 1.93 bits per heavy atom. The van der Waals surface area contributed by atoms with Crippen LogP contribution in [0.4, 0.5) is 10.1 Å². The number of benzene rings is 2. The van der Waals surface area contributed by atoms with Gasteiger partial charge in [0, 0.05) is 29.3 Å². The molecule has 0 saturated heterocycles. The first kappa shape index (κ1) is 23.6. The first-order chi connectivity index (χ1) is 14.2. The first-order valence-electron chi connectivity index (χ1n) is 8.68. The molecule has 2 aromatic carbocycles. The molecule has 0 heterocycles. The molecule has 2 aromatic rings. The van der Waals surface area contributed by atoms with Crippen molar-refractivity contribution in [3.8, 4) is 5.75 Å². The maximum Gasteiger partial charge on any atom is 0.344 e. The Balaban J connectivity index is 1.84. The summed E-state index contributed by atoms with van der Waals surface area (Å²) >= 11 is 1.21. The van der Waals surface area contributed by atoms with Crippen LogP contribution in [-0.4, -0.2) is 44.8 Å². The van der Waals surface area contributed by atoms with E-state index >= 15 is 0 Å². The Morgan fingerprint density at radius 1 is 1.23 bits per heavy atom. The standard InChI is InChI=1S/C18H19FN2O7S2/c1-2-27-18(22)12-28-17-8-5-14(11-16(17)19)29-10-9-20-30(25,26)15-6-3-13(4-7-15)21(23)24/h3-8,11,20H,2,9-10,12H2,1H3. The second-order valence-corrected chi connectivity index (χ2v) is 8.62. The molecule has 0 spiro atoms. The Kier molecular flexibility index (Phi) is 8.57. The summed E-state index contributed by atoms with van der Waals surface area (Å²) < 4.78 is 50.6. The largest absolute Gasteiger partial charge is 0.479 e. The van der Waals surface area contributed by atoms with E-state index in [2.05, 4.69) is 4.72 Å². The van der Waals surface area contributed by atoms with Crippen LogP contribution in [0.5, 0.6) is 5.75 Å². The zero-order valence-corrected chi connectivity index (χ0v) is 17.5. The number of hydrogen-bond donors (Lipinski definition) is 1. The Bertz CT molecular complexity index is 998. The number of hydrogen-bond acceptors (Lipinski definition) is 8. The lowest BCUT2D eigenvalue weighted by Gasteiger charge is -2.09. The minimum atomic E-state index is -3.82. The van der Waals surface area contributed by atoms with E-state index in [0.29, 0.717) is 10.6 Å². The zero-order chi connectivity index (χ0) is 22.1. The van der Waals surface area contributed by atoms with Crippen LogP contribution in [0, 0.1) is 15.9 Å².